The third-order valence-electron chi connectivity index (χ3n) is 6.82. The number of ether oxygens (including phenoxy) is 1. The lowest BCUT2D eigenvalue weighted by molar-refractivity contribution is -0.111. The monoisotopic (exact) mass is 489 g/mol. The lowest BCUT2D eigenvalue weighted by Gasteiger charge is -2.15. The fourth-order valence-corrected chi connectivity index (χ4v) is 5.04. The van der Waals surface area contributed by atoms with Crippen LogP contribution in [0.3, 0.4) is 0 Å². The molecule has 0 aliphatic heterocycles. The molecule has 4 nitrogen and oxygen atoms in total. The van der Waals surface area contributed by atoms with Crippen LogP contribution in [0.25, 0.3) is 38.4 Å². The van der Waals surface area contributed by atoms with Gasteiger partial charge in [0, 0.05) is 39.2 Å². The van der Waals surface area contributed by atoms with Crippen molar-refractivity contribution >= 4 is 38.9 Å². The predicted octanol–water partition coefficient (Wildman–Crippen LogP) is 8.62. The minimum absolute atomic E-state index is 0.184. The molecule has 0 radical (unpaired) electrons. The van der Waals surface area contributed by atoms with E-state index >= 15 is 0 Å². The van der Waals surface area contributed by atoms with Gasteiger partial charge in [0.2, 0.25) is 5.91 Å². The summed E-state index contributed by atoms with van der Waals surface area (Å²) in [6.45, 7) is 10.6. The molecule has 0 aliphatic carbocycles. The number of anilines is 1. The summed E-state index contributed by atoms with van der Waals surface area (Å²) in [7, 11) is 0. The zero-order chi connectivity index (χ0) is 26.1. The Morgan fingerprint density at radius 3 is 2.51 bits per heavy atom. The number of hydrogen-bond acceptors (Lipinski definition) is 3. The highest BCUT2D eigenvalue weighted by molar-refractivity contribution is 6.09. The number of rotatable bonds is 6. The summed E-state index contributed by atoms with van der Waals surface area (Å²) in [6, 6.07) is 22.5. The van der Waals surface area contributed by atoms with E-state index < -0.39 is 0 Å². The summed E-state index contributed by atoms with van der Waals surface area (Å²) < 4.78 is 12.1. The first-order valence-electron chi connectivity index (χ1n) is 12.6. The van der Waals surface area contributed by atoms with Gasteiger partial charge in [0.1, 0.15) is 11.3 Å². The van der Waals surface area contributed by atoms with E-state index in [4.69, 9.17) is 9.15 Å². The number of carbonyl (C=O) groups excluding carboxylic acids is 1. The van der Waals surface area contributed by atoms with Crippen LogP contribution in [-0.2, 0) is 4.79 Å². The van der Waals surface area contributed by atoms with Gasteiger partial charge in [-0.1, -0.05) is 60.2 Å². The van der Waals surface area contributed by atoms with E-state index in [9.17, 15) is 4.79 Å². The van der Waals surface area contributed by atoms with E-state index in [0.717, 1.165) is 61.0 Å². The van der Waals surface area contributed by atoms with E-state index in [-0.39, 0.29) is 5.91 Å². The smallest absolute Gasteiger partial charge is 0.248 e. The van der Waals surface area contributed by atoms with Crippen LogP contribution in [0.1, 0.15) is 36.1 Å². The maximum Gasteiger partial charge on any atom is 0.248 e. The van der Waals surface area contributed by atoms with Crippen LogP contribution in [0.4, 0.5) is 5.69 Å². The fraction of sp³-hybridized carbons (Fsp3) is 0.182. The maximum atomic E-state index is 13.1. The molecule has 1 heterocycles. The van der Waals surface area contributed by atoms with E-state index in [1.165, 1.54) is 11.1 Å². The quantitative estimate of drug-likeness (QED) is 0.243. The number of amides is 1. The van der Waals surface area contributed by atoms with Crippen molar-refractivity contribution in [3.8, 4) is 16.9 Å². The standard InChI is InChI=1S/C33H31NO3/c1-6-36-32-23(5)33-28(29(19-37-33)25-15-14-20(2)16-21(25)3)18-27(32)22(4)17-31(35)34-30-13-9-11-24-10-7-8-12-26(24)30/h7-19H,6H2,1-5H3,(H,34,35)/b22-17+. The first kappa shape index (κ1) is 24.4. The molecule has 0 saturated heterocycles. The summed E-state index contributed by atoms with van der Waals surface area (Å²) >= 11 is 0. The molecule has 0 atom stereocenters. The molecule has 37 heavy (non-hydrogen) atoms. The Kier molecular flexibility index (Phi) is 6.58. The largest absolute Gasteiger partial charge is 0.493 e. The molecule has 186 valence electrons. The molecule has 0 fully saturated rings. The van der Waals surface area contributed by atoms with Gasteiger partial charge >= 0.3 is 0 Å². The number of furan rings is 1. The number of benzene rings is 4. The molecule has 0 bridgehead atoms. The third-order valence-corrected chi connectivity index (χ3v) is 6.82. The molecule has 0 spiro atoms. The molecular formula is C33H31NO3. The molecule has 0 aliphatic rings. The minimum atomic E-state index is -0.184. The Hall–Kier alpha value is -4.31. The second-order valence-corrected chi connectivity index (χ2v) is 9.50. The average Bonchev–Trinajstić information content (AvgIpc) is 3.30. The molecule has 4 aromatic carbocycles. The topological polar surface area (TPSA) is 51.5 Å². The first-order valence-corrected chi connectivity index (χ1v) is 12.6. The van der Waals surface area contributed by atoms with Crippen molar-refractivity contribution in [2.75, 3.05) is 11.9 Å². The maximum absolute atomic E-state index is 13.1. The van der Waals surface area contributed by atoms with Gasteiger partial charge in [0.05, 0.1) is 12.9 Å². The van der Waals surface area contributed by atoms with Crippen LogP contribution < -0.4 is 10.1 Å². The van der Waals surface area contributed by atoms with Gasteiger partial charge in [0.25, 0.3) is 0 Å². The SMILES string of the molecule is CCOc1c(/C(C)=C/C(=O)Nc2cccc3ccccc23)cc2c(-c3ccc(C)cc3C)coc2c1C. The van der Waals surface area contributed by atoms with Gasteiger partial charge in [-0.3, -0.25) is 4.79 Å². The van der Waals surface area contributed by atoms with Gasteiger partial charge in [0.15, 0.2) is 0 Å². The van der Waals surface area contributed by atoms with Crippen molar-refractivity contribution in [1.29, 1.82) is 0 Å². The van der Waals surface area contributed by atoms with Crippen molar-refractivity contribution in [3.63, 3.8) is 0 Å². The van der Waals surface area contributed by atoms with Crippen molar-refractivity contribution in [1.82, 2.24) is 0 Å². The minimum Gasteiger partial charge on any atom is -0.493 e. The summed E-state index contributed by atoms with van der Waals surface area (Å²) in [5.74, 6) is 0.555. The number of allylic oxidation sites excluding steroid dienone is 1. The molecule has 1 aromatic heterocycles. The van der Waals surface area contributed by atoms with Crippen LogP contribution in [0.5, 0.6) is 5.75 Å². The predicted molar refractivity (Wildman–Crippen MR) is 153 cm³/mol. The number of aryl methyl sites for hydroxylation is 3. The Balaban J connectivity index is 1.58. The first-order chi connectivity index (χ1) is 17.9. The van der Waals surface area contributed by atoms with Crippen molar-refractivity contribution in [2.45, 2.75) is 34.6 Å². The van der Waals surface area contributed by atoms with Crippen molar-refractivity contribution in [2.24, 2.45) is 0 Å². The normalized spacial score (nSPS) is 11.8. The van der Waals surface area contributed by atoms with Crippen LogP contribution >= 0.6 is 0 Å². The van der Waals surface area contributed by atoms with Crippen LogP contribution in [0.2, 0.25) is 0 Å². The molecule has 5 rings (SSSR count). The Morgan fingerprint density at radius 2 is 1.73 bits per heavy atom. The Labute approximate surface area is 217 Å². The zero-order valence-corrected chi connectivity index (χ0v) is 21.9. The summed E-state index contributed by atoms with van der Waals surface area (Å²) in [6.07, 6.45) is 3.46. The average molecular weight is 490 g/mol. The molecular weight excluding hydrogens is 458 g/mol. The van der Waals surface area contributed by atoms with E-state index in [2.05, 4.69) is 43.4 Å². The molecule has 0 saturated carbocycles. The second-order valence-electron chi connectivity index (χ2n) is 9.50. The molecule has 4 heteroatoms. The van der Waals surface area contributed by atoms with Gasteiger partial charge in [-0.15, -0.1) is 0 Å². The van der Waals surface area contributed by atoms with Crippen molar-refractivity contribution in [3.05, 3.63) is 101 Å². The highest BCUT2D eigenvalue weighted by Crippen LogP contribution is 2.41. The lowest BCUT2D eigenvalue weighted by Crippen LogP contribution is -2.09. The summed E-state index contributed by atoms with van der Waals surface area (Å²) in [4.78, 5) is 13.1. The molecule has 1 amide bonds. The molecule has 0 unspecified atom stereocenters. The molecule has 1 N–H and O–H groups in total. The lowest BCUT2D eigenvalue weighted by atomic mass is 9.94. The Bertz CT molecular complexity index is 1670. The number of hydrogen-bond donors (Lipinski definition) is 1. The summed E-state index contributed by atoms with van der Waals surface area (Å²) in [5, 5.41) is 6.15. The number of carbonyl (C=O) groups is 1. The van der Waals surface area contributed by atoms with E-state index in [1.54, 1.807) is 6.08 Å². The van der Waals surface area contributed by atoms with E-state index in [0.29, 0.717) is 6.61 Å². The second kappa shape index (κ2) is 9.98. The third kappa shape index (κ3) is 4.63. The van der Waals surface area contributed by atoms with Crippen molar-refractivity contribution < 1.29 is 13.9 Å². The highest BCUT2D eigenvalue weighted by Gasteiger charge is 2.20. The van der Waals surface area contributed by atoms with Gasteiger partial charge < -0.3 is 14.5 Å². The summed E-state index contributed by atoms with van der Waals surface area (Å²) in [5.41, 5.74) is 8.80. The van der Waals surface area contributed by atoms with Crippen LogP contribution in [0.15, 0.2) is 83.5 Å². The van der Waals surface area contributed by atoms with Crippen LogP contribution in [0, 0.1) is 20.8 Å². The zero-order valence-electron chi connectivity index (χ0n) is 21.9. The Morgan fingerprint density at radius 1 is 0.946 bits per heavy atom. The number of fused-ring (bicyclic) bond motifs is 2. The fourth-order valence-electron chi connectivity index (χ4n) is 5.04. The molecule has 5 aromatic rings. The van der Waals surface area contributed by atoms with E-state index in [1.807, 2.05) is 69.5 Å². The van der Waals surface area contributed by atoms with Gasteiger partial charge in [-0.05, 0) is 68.8 Å². The van der Waals surface area contributed by atoms with Gasteiger partial charge in [-0.25, -0.2) is 0 Å². The highest BCUT2D eigenvalue weighted by atomic mass is 16.5. The number of nitrogens with one attached hydrogen (secondary N) is 1. The van der Waals surface area contributed by atoms with Crippen LogP contribution in [-0.4, -0.2) is 12.5 Å². The van der Waals surface area contributed by atoms with Gasteiger partial charge in [-0.2, -0.15) is 0 Å².